The lowest BCUT2D eigenvalue weighted by atomic mass is 9.80. The zero-order valence-electron chi connectivity index (χ0n) is 20.1. The zero-order chi connectivity index (χ0) is 23.5. The molecule has 0 fully saturated rings. The van der Waals surface area contributed by atoms with Crippen LogP contribution in [-0.4, -0.2) is 0 Å². The van der Waals surface area contributed by atoms with Gasteiger partial charge in [-0.3, -0.25) is 0 Å². The van der Waals surface area contributed by atoms with E-state index in [2.05, 4.69) is 115 Å². The predicted octanol–water partition coefficient (Wildman–Crippen LogP) is 7.91. The normalized spacial score (nSPS) is 12.3. The summed E-state index contributed by atoms with van der Waals surface area (Å²) in [5.41, 5.74) is 17.3. The number of hydrogen-bond acceptors (Lipinski definition) is 3. The van der Waals surface area contributed by atoms with E-state index in [1.165, 1.54) is 27.8 Å². The van der Waals surface area contributed by atoms with E-state index in [4.69, 9.17) is 5.73 Å². The van der Waals surface area contributed by atoms with E-state index in [0.717, 1.165) is 48.4 Å². The minimum atomic E-state index is -0.352. The Bertz CT molecular complexity index is 1290. The first kappa shape index (κ1) is 22.2. The van der Waals surface area contributed by atoms with Gasteiger partial charge in [0.2, 0.25) is 0 Å². The fourth-order valence-electron chi connectivity index (χ4n) is 5.03. The molecular formula is C31H33N3. The van der Waals surface area contributed by atoms with Gasteiger partial charge in [-0.2, -0.15) is 0 Å². The maximum atomic E-state index is 6.91. The van der Waals surface area contributed by atoms with Crippen LogP contribution in [0.15, 0.2) is 91.0 Å². The summed E-state index contributed by atoms with van der Waals surface area (Å²) >= 11 is 0. The summed E-state index contributed by atoms with van der Waals surface area (Å²) in [4.78, 5) is 0. The summed E-state index contributed by atoms with van der Waals surface area (Å²) in [5, 5.41) is 7.51. The Morgan fingerprint density at radius 3 is 1.94 bits per heavy atom. The molecule has 0 aromatic heterocycles. The van der Waals surface area contributed by atoms with Crippen molar-refractivity contribution < 1.29 is 0 Å². The predicted molar refractivity (Wildman–Crippen MR) is 145 cm³/mol. The molecule has 5 rings (SSSR count). The molecule has 3 nitrogen and oxygen atoms in total. The molecular weight excluding hydrogens is 414 g/mol. The molecule has 0 saturated carbocycles. The van der Waals surface area contributed by atoms with Crippen LogP contribution in [0.1, 0.15) is 43.4 Å². The van der Waals surface area contributed by atoms with E-state index >= 15 is 0 Å². The molecule has 172 valence electrons. The van der Waals surface area contributed by atoms with Gasteiger partial charge in [-0.05, 0) is 60.1 Å². The first-order chi connectivity index (χ1) is 16.6. The van der Waals surface area contributed by atoms with Crippen molar-refractivity contribution in [1.29, 1.82) is 0 Å². The van der Waals surface area contributed by atoms with Crippen molar-refractivity contribution >= 4 is 22.7 Å². The highest BCUT2D eigenvalue weighted by molar-refractivity contribution is 5.99. The van der Waals surface area contributed by atoms with Crippen LogP contribution in [0.3, 0.4) is 0 Å². The summed E-state index contributed by atoms with van der Waals surface area (Å²) in [6, 6.07) is 32.3. The highest BCUT2D eigenvalue weighted by Gasteiger charge is 2.28. The maximum absolute atomic E-state index is 6.91. The lowest BCUT2D eigenvalue weighted by molar-refractivity contribution is 0.414. The van der Waals surface area contributed by atoms with Crippen molar-refractivity contribution in [3.05, 3.63) is 108 Å². The van der Waals surface area contributed by atoms with E-state index in [0.29, 0.717) is 0 Å². The van der Waals surface area contributed by atoms with Gasteiger partial charge in [-0.15, -0.1) is 0 Å². The number of anilines is 4. The molecule has 4 aromatic carbocycles. The van der Waals surface area contributed by atoms with Gasteiger partial charge < -0.3 is 16.4 Å². The minimum Gasteiger partial charge on any atom is -0.352 e. The molecule has 0 spiro atoms. The van der Waals surface area contributed by atoms with Gasteiger partial charge in [0.05, 0.1) is 22.7 Å². The van der Waals surface area contributed by atoms with E-state index in [-0.39, 0.29) is 5.54 Å². The topological polar surface area (TPSA) is 50.1 Å². The van der Waals surface area contributed by atoms with E-state index in [1.54, 1.807) is 0 Å². The minimum absolute atomic E-state index is 0.352. The Balaban J connectivity index is 1.62. The number of hydrogen-bond donors (Lipinski definition) is 3. The van der Waals surface area contributed by atoms with Crippen molar-refractivity contribution in [2.75, 3.05) is 10.6 Å². The highest BCUT2D eigenvalue weighted by atomic mass is 15.0. The molecule has 3 heteroatoms. The van der Waals surface area contributed by atoms with Gasteiger partial charge in [0.25, 0.3) is 0 Å². The Morgan fingerprint density at radius 1 is 0.618 bits per heavy atom. The number of nitrogens with one attached hydrogen (secondary N) is 2. The number of rotatable bonds is 7. The molecule has 1 heterocycles. The molecule has 1 aliphatic rings. The Kier molecular flexibility index (Phi) is 6.12. The standard InChI is InChI=1S/C31H33N3/c1-3-31(32,4-2)26-15-9-8-14-24(26)25-21-20-23(19-18-22-12-6-5-7-13-22)29-30(25)34-28-17-11-10-16-27(28)33-29/h5-17,20-21,33-34H,3-4,18-19,32H2,1-2H3. The summed E-state index contributed by atoms with van der Waals surface area (Å²) in [6.45, 7) is 4.36. The lowest BCUT2D eigenvalue weighted by Gasteiger charge is -2.32. The maximum Gasteiger partial charge on any atom is 0.0706 e. The monoisotopic (exact) mass is 447 g/mol. The molecule has 0 radical (unpaired) electrons. The molecule has 0 atom stereocenters. The van der Waals surface area contributed by atoms with Crippen molar-refractivity contribution in [1.82, 2.24) is 0 Å². The molecule has 0 amide bonds. The van der Waals surface area contributed by atoms with Gasteiger partial charge in [0.1, 0.15) is 0 Å². The summed E-state index contributed by atoms with van der Waals surface area (Å²) in [6.07, 6.45) is 3.76. The average Bonchev–Trinajstić information content (AvgIpc) is 2.90. The quantitative estimate of drug-likeness (QED) is 0.237. The first-order valence-electron chi connectivity index (χ1n) is 12.3. The van der Waals surface area contributed by atoms with Crippen LogP contribution >= 0.6 is 0 Å². The Labute approximate surface area is 203 Å². The second-order valence-corrected chi connectivity index (χ2v) is 9.21. The van der Waals surface area contributed by atoms with Crippen LogP contribution in [0.25, 0.3) is 11.1 Å². The Morgan fingerprint density at radius 2 is 1.24 bits per heavy atom. The number of benzene rings is 4. The molecule has 4 N–H and O–H groups in total. The van der Waals surface area contributed by atoms with Gasteiger partial charge in [0, 0.05) is 11.1 Å². The van der Waals surface area contributed by atoms with Gasteiger partial charge in [-0.1, -0.05) is 92.7 Å². The molecule has 0 saturated heterocycles. The van der Waals surface area contributed by atoms with Crippen molar-refractivity contribution in [3.63, 3.8) is 0 Å². The van der Waals surface area contributed by atoms with Crippen molar-refractivity contribution in [2.45, 2.75) is 45.1 Å². The Hall–Kier alpha value is -3.56. The van der Waals surface area contributed by atoms with E-state index in [9.17, 15) is 0 Å². The van der Waals surface area contributed by atoms with Gasteiger partial charge >= 0.3 is 0 Å². The lowest BCUT2D eigenvalue weighted by Crippen LogP contribution is -2.35. The molecule has 0 bridgehead atoms. The van der Waals surface area contributed by atoms with Crippen molar-refractivity contribution in [3.8, 4) is 11.1 Å². The summed E-state index contributed by atoms with van der Waals surface area (Å²) in [5.74, 6) is 0. The summed E-state index contributed by atoms with van der Waals surface area (Å²) < 4.78 is 0. The number of nitrogens with two attached hydrogens (primary N) is 1. The molecule has 4 aromatic rings. The molecule has 0 unspecified atom stereocenters. The number of para-hydroxylation sites is 2. The fourth-order valence-corrected chi connectivity index (χ4v) is 5.03. The van der Waals surface area contributed by atoms with Crippen molar-refractivity contribution in [2.24, 2.45) is 5.73 Å². The molecule has 1 aliphatic heterocycles. The van der Waals surface area contributed by atoms with Crippen LogP contribution in [0, 0.1) is 0 Å². The second kappa shape index (κ2) is 9.36. The summed E-state index contributed by atoms with van der Waals surface area (Å²) in [7, 11) is 0. The molecule has 0 aliphatic carbocycles. The van der Waals surface area contributed by atoms with Crippen LogP contribution in [0.2, 0.25) is 0 Å². The largest absolute Gasteiger partial charge is 0.352 e. The first-order valence-corrected chi connectivity index (χ1v) is 12.3. The van der Waals surface area contributed by atoms with Crippen LogP contribution in [-0.2, 0) is 18.4 Å². The highest BCUT2D eigenvalue weighted by Crippen LogP contribution is 2.47. The van der Waals surface area contributed by atoms with E-state index < -0.39 is 0 Å². The third-order valence-electron chi connectivity index (χ3n) is 7.28. The van der Waals surface area contributed by atoms with E-state index in [1.807, 2.05) is 0 Å². The number of fused-ring (bicyclic) bond motifs is 2. The zero-order valence-corrected chi connectivity index (χ0v) is 20.1. The smallest absolute Gasteiger partial charge is 0.0706 e. The third kappa shape index (κ3) is 4.08. The third-order valence-corrected chi connectivity index (χ3v) is 7.28. The second-order valence-electron chi connectivity index (χ2n) is 9.21. The fraction of sp³-hybridized carbons (Fsp3) is 0.226. The van der Waals surface area contributed by atoms with Crippen LogP contribution in [0.4, 0.5) is 22.7 Å². The van der Waals surface area contributed by atoms with Gasteiger partial charge in [-0.25, -0.2) is 0 Å². The average molecular weight is 448 g/mol. The van der Waals surface area contributed by atoms with Gasteiger partial charge in [0.15, 0.2) is 0 Å². The molecule has 34 heavy (non-hydrogen) atoms. The SMILES string of the molecule is CCC(N)(CC)c1ccccc1-c1ccc(CCc2ccccc2)c2c1Nc1ccccc1N2. The van der Waals surface area contributed by atoms with Crippen LogP contribution < -0.4 is 16.4 Å². The number of aryl methyl sites for hydroxylation is 2. The van der Waals surface area contributed by atoms with Crippen LogP contribution in [0.5, 0.6) is 0 Å².